The topological polar surface area (TPSA) is 52.6 Å². The number of cyclic esters (lactones) is 2. The van der Waals surface area contributed by atoms with Crippen LogP contribution < -0.4 is 0 Å². The summed E-state index contributed by atoms with van der Waals surface area (Å²) >= 11 is 0. The van der Waals surface area contributed by atoms with E-state index in [2.05, 4.69) is 49.9 Å². The molecule has 2 saturated carbocycles. The van der Waals surface area contributed by atoms with Gasteiger partial charge in [0.05, 0.1) is 26.1 Å². The van der Waals surface area contributed by atoms with Crippen molar-refractivity contribution in [3.63, 3.8) is 0 Å². The summed E-state index contributed by atoms with van der Waals surface area (Å²) < 4.78 is 10.5. The summed E-state index contributed by atoms with van der Waals surface area (Å²) in [6.07, 6.45) is 21.7. The molecule has 246 valence electrons. The molecule has 0 N–H and O–H groups in total. The number of hydrogen-bond acceptors (Lipinski definition) is 4. The number of aryl methyl sites for hydroxylation is 2. The highest BCUT2D eigenvalue weighted by Crippen LogP contribution is 2.53. The fourth-order valence-electron chi connectivity index (χ4n) is 10.0. The molecule has 0 aromatic heterocycles. The molecule has 4 fully saturated rings. The molecule has 0 amide bonds. The Morgan fingerprint density at radius 2 is 1.26 bits per heavy atom. The van der Waals surface area contributed by atoms with E-state index in [1.807, 2.05) is 6.08 Å². The van der Waals surface area contributed by atoms with Crippen molar-refractivity contribution in [2.75, 3.05) is 13.2 Å². The number of benzene rings is 2. The summed E-state index contributed by atoms with van der Waals surface area (Å²) in [6, 6.07) is 14.4. The van der Waals surface area contributed by atoms with E-state index in [1.165, 1.54) is 75.3 Å². The largest absolute Gasteiger partial charge is 0.465 e. The molecule has 2 spiro atoms. The van der Waals surface area contributed by atoms with Gasteiger partial charge in [0.1, 0.15) is 0 Å². The van der Waals surface area contributed by atoms with E-state index in [4.69, 9.17) is 9.47 Å². The molecule has 2 aromatic carbocycles. The van der Waals surface area contributed by atoms with Crippen molar-refractivity contribution in [2.24, 2.45) is 22.7 Å². The molecule has 2 saturated heterocycles. The fourth-order valence-corrected chi connectivity index (χ4v) is 10.0. The Bertz CT molecular complexity index is 1460. The molecule has 4 aliphatic carbocycles. The van der Waals surface area contributed by atoms with Gasteiger partial charge in [-0.3, -0.25) is 9.59 Å². The second-order valence-corrected chi connectivity index (χ2v) is 16.1. The molecule has 2 heterocycles. The van der Waals surface area contributed by atoms with E-state index < -0.39 is 0 Å². The van der Waals surface area contributed by atoms with Crippen molar-refractivity contribution in [2.45, 2.75) is 128 Å². The van der Waals surface area contributed by atoms with Crippen molar-refractivity contribution in [3.8, 4) is 0 Å². The van der Waals surface area contributed by atoms with Crippen LogP contribution in [0.5, 0.6) is 0 Å². The van der Waals surface area contributed by atoms with E-state index in [0.29, 0.717) is 37.9 Å². The first-order valence-electron chi connectivity index (χ1n) is 18.5. The van der Waals surface area contributed by atoms with Crippen LogP contribution in [0.3, 0.4) is 0 Å². The zero-order chi connectivity index (χ0) is 31.7. The first-order valence-corrected chi connectivity index (χ1v) is 18.5. The minimum atomic E-state index is 0.00616. The summed E-state index contributed by atoms with van der Waals surface area (Å²) in [5.41, 5.74) is 9.60. The Kier molecular flexibility index (Phi) is 9.18. The first-order chi connectivity index (χ1) is 22.3. The Hall–Kier alpha value is -2.88. The van der Waals surface area contributed by atoms with Crippen LogP contribution in [0.2, 0.25) is 0 Å². The minimum Gasteiger partial charge on any atom is -0.465 e. The number of esters is 2. The molecule has 4 heteroatoms. The molecule has 2 aromatic rings. The Labute approximate surface area is 276 Å². The van der Waals surface area contributed by atoms with Gasteiger partial charge in [-0.05, 0) is 147 Å². The second kappa shape index (κ2) is 13.3. The molecule has 6 atom stereocenters. The van der Waals surface area contributed by atoms with Gasteiger partial charge in [-0.15, -0.1) is 6.58 Å². The van der Waals surface area contributed by atoms with Crippen molar-refractivity contribution in [3.05, 3.63) is 82.4 Å². The number of hydrogen-bond donors (Lipinski definition) is 0. The van der Waals surface area contributed by atoms with E-state index in [0.717, 1.165) is 43.9 Å². The van der Waals surface area contributed by atoms with Crippen LogP contribution in [0.4, 0.5) is 0 Å². The van der Waals surface area contributed by atoms with E-state index in [1.54, 1.807) is 22.3 Å². The number of allylic oxidation sites excluding steroid dienone is 1. The zero-order valence-electron chi connectivity index (χ0n) is 28.1. The summed E-state index contributed by atoms with van der Waals surface area (Å²) in [4.78, 5) is 23.0. The maximum absolute atomic E-state index is 11.5. The lowest BCUT2D eigenvalue weighted by Gasteiger charge is -2.26. The third-order valence-corrected chi connectivity index (χ3v) is 12.9. The van der Waals surface area contributed by atoms with E-state index in [-0.39, 0.29) is 22.8 Å². The highest BCUT2D eigenvalue weighted by Gasteiger charge is 2.47. The lowest BCUT2D eigenvalue weighted by Crippen LogP contribution is -2.17. The van der Waals surface area contributed by atoms with E-state index in [9.17, 15) is 9.59 Å². The lowest BCUT2D eigenvalue weighted by molar-refractivity contribution is -0.138. The molecule has 46 heavy (non-hydrogen) atoms. The van der Waals surface area contributed by atoms with Crippen LogP contribution >= 0.6 is 0 Å². The number of carbonyl (C=O) groups excluding carboxylic acids is 2. The van der Waals surface area contributed by atoms with Gasteiger partial charge in [0.25, 0.3) is 0 Å². The van der Waals surface area contributed by atoms with Gasteiger partial charge in [0.15, 0.2) is 0 Å². The highest BCUT2D eigenvalue weighted by molar-refractivity contribution is 5.73. The monoisotopic (exact) mass is 622 g/mol. The average molecular weight is 623 g/mol. The predicted octanol–water partition coefficient (Wildman–Crippen LogP) is 9.36. The molecule has 6 aliphatic rings. The quantitative estimate of drug-likeness (QED) is 0.238. The van der Waals surface area contributed by atoms with Crippen LogP contribution in [-0.4, -0.2) is 25.2 Å². The third-order valence-electron chi connectivity index (χ3n) is 12.9. The van der Waals surface area contributed by atoms with Crippen LogP contribution in [0.15, 0.2) is 49.1 Å². The molecule has 2 aliphatic heterocycles. The van der Waals surface area contributed by atoms with Crippen molar-refractivity contribution < 1.29 is 19.1 Å². The van der Waals surface area contributed by atoms with Gasteiger partial charge in [-0.2, -0.15) is 0 Å². The Morgan fingerprint density at radius 1 is 0.739 bits per heavy atom. The highest BCUT2D eigenvalue weighted by atomic mass is 16.5. The summed E-state index contributed by atoms with van der Waals surface area (Å²) in [7, 11) is 0. The molecule has 4 nitrogen and oxygen atoms in total. The van der Waals surface area contributed by atoms with Gasteiger partial charge >= 0.3 is 11.9 Å². The van der Waals surface area contributed by atoms with Crippen LogP contribution in [0.1, 0.15) is 136 Å². The van der Waals surface area contributed by atoms with Crippen molar-refractivity contribution >= 4 is 11.9 Å². The molecule has 0 bridgehead atoms. The SMILES string of the molecule is C=CCC[C@@H]1CCc2cc([C@@H]3CC[C@]4(COC(=O)C4)C3)ccc2C1.CC[C@@H]1CCc2cc([C@@H]3CC[C@]4(COC(=O)C4)C3)ccc2C1. The average Bonchev–Trinajstić information content (AvgIpc) is 3.87. The van der Waals surface area contributed by atoms with Crippen molar-refractivity contribution in [1.82, 2.24) is 0 Å². The molecule has 0 radical (unpaired) electrons. The normalized spacial score (nSPS) is 32.9. The number of rotatable bonds is 6. The summed E-state index contributed by atoms with van der Waals surface area (Å²) in [5, 5.41) is 0. The van der Waals surface area contributed by atoms with Crippen molar-refractivity contribution in [1.29, 1.82) is 0 Å². The number of ether oxygens (including phenoxy) is 2. The molecular formula is C42H54O4. The van der Waals surface area contributed by atoms with Crippen LogP contribution in [0.25, 0.3) is 0 Å². The summed E-state index contributed by atoms with van der Waals surface area (Å²) in [5.74, 6) is 2.97. The van der Waals surface area contributed by atoms with Gasteiger partial charge < -0.3 is 9.47 Å². The fraction of sp³-hybridized carbons (Fsp3) is 0.619. The molecule has 0 unspecified atom stereocenters. The first kappa shape index (κ1) is 31.7. The lowest BCUT2D eigenvalue weighted by atomic mass is 9.79. The maximum Gasteiger partial charge on any atom is 0.306 e. The molecular weight excluding hydrogens is 568 g/mol. The van der Waals surface area contributed by atoms with E-state index >= 15 is 0 Å². The Morgan fingerprint density at radius 3 is 1.74 bits per heavy atom. The predicted molar refractivity (Wildman–Crippen MR) is 183 cm³/mol. The number of fused-ring (bicyclic) bond motifs is 2. The van der Waals surface area contributed by atoms with Crippen LogP contribution in [0, 0.1) is 22.7 Å². The zero-order valence-corrected chi connectivity index (χ0v) is 28.1. The van der Waals surface area contributed by atoms with Gasteiger partial charge in [0, 0.05) is 10.8 Å². The van der Waals surface area contributed by atoms with Crippen LogP contribution in [-0.2, 0) is 44.7 Å². The Balaban J connectivity index is 0.000000147. The molecule has 8 rings (SSSR count). The smallest absolute Gasteiger partial charge is 0.306 e. The van der Waals surface area contributed by atoms with Gasteiger partial charge in [-0.1, -0.05) is 55.8 Å². The van der Waals surface area contributed by atoms with Gasteiger partial charge in [-0.25, -0.2) is 0 Å². The number of carbonyl (C=O) groups is 2. The summed E-state index contributed by atoms with van der Waals surface area (Å²) in [6.45, 7) is 7.47. The second-order valence-electron chi connectivity index (χ2n) is 16.1. The third kappa shape index (κ3) is 6.74. The van der Waals surface area contributed by atoms with Gasteiger partial charge in [0.2, 0.25) is 0 Å². The minimum absolute atomic E-state index is 0.00616. The standard InChI is InChI=1S/C22H28O2.C20H26O2/c1-2-3-4-16-5-6-18-12-19(8-7-17(18)11-16)20-9-10-22(13-20)14-21(23)24-15-22;1-2-14-3-4-16-10-17(6-5-15(16)9-14)18-7-8-20(11-18)12-19(21)22-13-20/h2,7-8,12,16,20H,1,3-6,9-11,13-15H2;5-6,10,14,18H,2-4,7-9,11-13H2,1H3/t16-,20-,22+;14-,18-,20+/m11/s1. The maximum atomic E-state index is 11.5.